The lowest BCUT2D eigenvalue weighted by Gasteiger charge is -2.33. The van der Waals surface area contributed by atoms with Crippen LogP contribution in [0.5, 0.6) is 6.01 Å². The second kappa shape index (κ2) is 13.7. The number of alkyl halides is 3. The molecule has 52 heavy (non-hydrogen) atoms. The van der Waals surface area contributed by atoms with Gasteiger partial charge in [-0.2, -0.15) is 28.2 Å². The number of aryl methyl sites for hydroxylation is 1. The highest BCUT2D eigenvalue weighted by molar-refractivity contribution is 5.92. The van der Waals surface area contributed by atoms with Crippen LogP contribution >= 0.6 is 0 Å². The Kier molecular flexibility index (Phi) is 9.37. The van der Waals surface area contributed by atoms with Gasteiger partial charge in [0.05, 0.1) is 53.8 Å². The van der Waals surface area contributed by atoms with E-state index in [4.69, 9.17) is 25.2 Å². The zero-order chi connectivity index (χ0) is 36.9. The first-order chi connectivity index (χ1) is 24.8. The summed E-state index contributed by atoms with van der Waals surface area (Å²) in [7, 11) is 3.30. The number of amides is 1. The Hall–Kier alpha value is -4.75. The predicted octanol–water partition coefficient (Wildman–Crippen LogP) is 5.18. The molecule has 1 aromatic carbocycles. The number of carbonyl (C=O) groups excluding carboxylic acids is 1. The van der Waals surface area contributed by atoms with Crippen molar-refractivity contribution in [3.63, 3.8) is 0 Å². The maximum atomic E-state index is 15.7. The van der Waals surface area contributed by atoms with Crippen molar-refractivity contribution in [2.75, 3.05) is 51.0 Å². The van der Waals surface area contributed by atoms with Gasteiger partial charge in [0.25, 0.3) is 5.91 Å². The number of hydrogen-bond acceptors (Lipinski definition) is 9. The number of fused-ring (bicyclic) bond motifs is 3. The van der Waals surface area contributed by atoms with E-state index in [1.807, 2.05) is 4.90 Å². The lowest BCUT2D eigenvalue weighted by Crippen LogP contribution is -2.43. The molecule has 0 unspecified atom stereocenters. The number of nitrogen functional groups attached to an aromatic ring is 1. The number of aromatic nitrogens is 4. The summed E-state index contributed by atoms with van der Waals surface area (Å²) in [5.41, 5.74) is 5.17. The lowest BCUT2D eigenvalue weighted by atomic mass is 9.91. The molecule has 0 radical (unpaired) electrons. The van der Waals surface area contributed by atoms with Crippen LogP contribution in [0.4, 0.5) is 33.5 Å². The van der Waals surface area contributed by atoms with Crippen LogP contribution in [0.1, 0.15) is 82.8 Å². The van der Waals surface area contributed by atoms with Gasteiger partial charge in [-0.15, -0.1) is 5.92 Å². The highest BCUT2D eigenvalue weighted by atomic mass is 19.4. The standard InChI is InChI=1S/C36H39F5N8O3/c1-4-7-22-12-25(42)31(38)29(30(22)36(39,40)41)28-14-26-24(19-51-28)32(47-9-6-11-49-23(18-47)13-27(45-49)33(50)46(2)3)44-34(43-26)52-20-35-8-5-10-48(35)17-21(15-35)16-37/h12-13,16,28H,5-6,8-11,14-15,17-20,42H2,1-3H3/b21-16-/t28-,35-/m0/s1. The smallest absolute Gasteiger partial charge is 0.418 e. The summed E-state index contributed by atoms with van der Waals surface area (Å²) in [4.78, 5) is 27.9. The van der Waals surface area contributed by atoms with Crippen LogP contribution in [0.25, 0.3) is 0 Å². The normalized spacial score (nSPS) is 22.3. The molecule has 2 aromatic heterocycles. The fraction of sp³-hybridized carbons (Fsp3) is 0.500. The minimum absolute atomic E-state index is 0.00355. The number of carbonyl (C=O) groups is 1. The molecule has 276 valence electrons. The van der Waals surface area contributed by atoms with Gasteiger partial charge in [0.2, 0.25) is 0 Å². The molecule has 7 rings (SSSR count). The molecule has 1 amide bonds. The Morgan fingerprint density at radius 1 is 1.19 bits per heavy atom. The largest absolute Gasteiger partial charge is 0.461 e. The number of nitrogens with two attached hydrogens (primary N) is 1. The van der Waals surface area contributed by atoms with Crippen LogP contribution in [0.15, 0.2) is 24.0 Å². The molecule has 16 heteroatoms. The van der Waals surface area contributed by atoms with Gasteiger partial charge in [0, 0.05) is 56.8 Å². The maximum absolute atomic E-state index is 15.7. The fourth-order valence-corrected chi connectivity index (χ4v) is 7.91. The topological polar surface area (TPSA) is 115 Å². The van der Waals surface area contributed by atoms with E-state index in [0.717, 1.165) is 31.1 Å². The lowest BCUT2D eigenvalue weighted by molar-refractivity contribution is -0.140. The van der Waals surface area contributed by atoms with Crippen molar-refractivity contribution in [1.29, 1.82) is 0 Å². The van der Waals surface area contributed by atoms with E-state index in [9.17, 15) is 22.4 Å². The van der Waals surface area contributed by atoms with Crippen LogP contribution < -0.4 is 15.4 Å². The molecule has 11 nitrogen and oxygen atoms in total. The average molecular weight is 727 g/mol. The number of nitrogens with zero attached hydrogens (tertiary/aromatic N) is 7. The van der Waals surface area contributed by atoms with E-state index < -0.39 is 46.0 Å². The van der Waals surface area contributed by atoms with Gasteiger partial charge in [-0.1, -0.05) is 5.92 Å². The molecular formula is C36H39F5N8O3. The Bertz CT molecular complexity index is 2000. The van der Waals surface area contributed by atoms with Crippen LogP contribution in [0.3, 0.4) is 0 Å². The van der Waals surface area contributed by atoms with E-state index in [2.05, 4.69) is 21.8 Å². The number of hydrogen-bond donors (Lipinski definition) is 1. The van der Waals surface area contributed by atoms with Gasteiger partial charge < -0.3 is 25.0 Å². The molecule has 2 saturated heterocycles. The average Bonchev–Trinajstić information content (AvgIpc) is 3.75. The summed E-state index contributed by atoms with van der Waals surface area (Å²) in [5.74, 6) is 3.87. The number of benzene rings is 1. The highest BCUT2D eigenvalue weighted by Crippen LogP contribution is 2.45. The summed E-state index contributed by atoms with van der Waals surface area (Å²) in [6.07, 6.45) is -3.08. The second-order valence-corrected chi connectivity index (χ2v) is 13.9. The van der Waals surface area contributed by atoms with Gasteiger partial charge in [-0.05, 0) is 56.9 Å². The van der Waals surface area contributed by atoms with E-state index in [1.165, 1.54) is 11.8 Å². The van der Waals surface area contributed by atoms with E-state index >= 15 is 4.39 Å². The first kappa shape index (κ1) is 35.6. The third kappa shape index (κ3) is 6.44. The quantitative estimate of drug-likeness (QED) is 0.209. The molecule has 4 aliphatic rings. The van der Waals surface area contributed by atoms with Crippen molar-refractivity contribution in [2.24, 2.45) is 0 Å². The Labute approximate surface area is 297 Å². The molecule has 0 saturated carbocycles. The summed E-state index contributed by atoms with van der Waals surface area (Å²) < 4.78 is 87.2. The molecule has 2 atom stereocenters. The molecule has 2 N–H and O–H groups in total. The van der Waals surface area contributed by atoms with Crippen molar-refractivity contribution < 1.29 is 36.2 Å². The van der Waals surface area contributed by atoms with Crippen LogP contribution in [-0.2, 0) is 37.0 Å². The van der Waals surface area contributed by atoms with Crippen LogP contribution in [-0.4, -0.2) is 81.3 Å². The van der Waals surface area contributed by atoms with E-state index in [-0.39, 0.29) is 31.6 Å². The van der Waals surface area contributed by atoms with Gasteiger partial charge in [-0.25, -0.2) is 8.78 Å². The first-order valence-corrected chi connectivity index (χ1v) is 17.1. The highest BCUT2D eigenvalue weighted by Gasteiger charge is 2.47. The molecule has 0 bridgehead atoms. The first-order valence-electron chi connectivity index (χ1n) is 17.1. The summed E-state index contributed by atoms with van der Waals surface area (Å²) in [5, 5.41) is 4.52. The Morgan fingerprint density at radius 3 is 2.73 bits per heavy atom. The molecule has 4 aliphatic heterocycles. The molecule has 6 heterocycles. The molecule has 0 aliphatic carbocycles. The van der Waals surface area contributed by atoms with Gasteiger partial charge >= 0.3 is 12.2 Å². The van der Waals surface area contributed by atoms with E-state index in [1.54, 1.807) is 24.8 Å². The number of halogens is 5. The van der Waals surface area contributed by atoms with Gasteiger partial charge in [0.15, 0.2) is 11.5 Å². The molecule has 0 spiro atoms. The molecular weight excluding hydrogens is 687 g/mol. The SMILES string of the molecule is CC#Cc1cc(N)c(F)c([C@@H]2Cc3nc(OC[C@@]45CCCN4C/C(=C\F)C5)nc(N4CCCn5nc(C(=O)N(C)C)cc5C4)c3CO2)c1C(F)(F)F. The van der Waals surface area contributed by atoms with Crippen LogP contribution in [0, 0.1) is 17.7 Å². The Balaban J connectivity index is 1.28. The van der Waals surface area contributed by atoms with Crippen LogP contribution in [0.2, 0.25) is 0 Å². The number of rotatable bonds is 6. The van der Waals surface area contributed by atoms with Gasteiger partial charge in [-0.3, -0.25) is 14.4 Å². The number of anilines is 2. The minimum atomic E-state index is -4.96. The minimum Gasteiger partial charge on any atom is -0.461 e. The maximum Gasteiger partial charge on any atom is 0.418 e. The third-order valence-electron chi connectivity index (χ3n) is 10.3. The predicted molar refractivity (Wildman–Crippen MR) is 180 cm³/mol. The Morgan fingerprint density at radius 2 is 2.00 bits per heavy atom. The third-order valence-corrected chi connectivity index (χ3v) is 10.3. The van der Waals surface area contributed by atoms with Crippen molar-refractivity contribution in [1.82, 2.24) is 29.5 Å². The van der Waals surface area contributed by atoms with Crippen molar-refractivity contribution in [3.05, 3.63) is 69.2 Å². The zero-order valence-corrected chi connectivity index (χ0v) is 29.1. The summed E-state index contributed by atoms with van der Waals surface area (Å²) in [6.45, 7) is 4.01. The van der Waals surface area contributed by atoms with Crippen molar-refractivity contribution in [2.45, 2.75) is 76.5 Å². The van der Waals surface area contributed by atoms with E-state index in [0.29, 0.717) is 73.7 Å². The number of ether oxygens (including phenoxy) is 2. The fourth-order valence-electron chi connectivity index (χ4n) is 7.91. The molecule has 3 aromatic rings. The summed E-state index contributed by atoms with van der Waals surface area (Å²) in [6, 6.07) is 2.62. The monoisotopic (exact) mass is 726 g/mol. The van der Waals surface area contributed by atoms with Crippen molar-refractivity contribution in [3.8, 4) is 17.9 Å². The molecule has 2 fully saturated rings. The summed E-state index contributed by atoms with van der Waals surface area (Å²) >= 11 is 0. The van der Waals surface area contributed by atoms with Gasteiger partial charge in [0.1, 0.15) is 12.4 Å². The van der Waals surface area contributed by atoms with Crippen molar-refractivity contribution >= 4 is 17.4 Å². The zero-order valence-electron chi connectivity index (χ0n) is 29.1. The second-order valence-electron chi connectivity index (χ2n) is 13.9.